The Morgan fingerprint density at radius 2 is 1.97 bits per heavy atom. The molecular weight excluding hydrogens is 388 g/mol. The Balaban J connectivity index is 1.35. The number of benzene rings is 3. The zero-order valence-electron chi connectivity index (χ0n) is 17.9. The topological polar surface area (TPSA) is 44.8 Å². The predicted octanol–water partition coefficient (Wildman–Crippen LogP) is 5.55. The number of rotatable bonds is 6. The number of hydrogen-bond donors (Lipinski definition) is 0. The van der Waals surface area contributed by atoms with Gasteiger partial charge in [-0.3, -0.25) is 0 Å². The summed E-state index contributed by atoms with van der Waals surface area (Å²) in [7, 11) is 0. The fraction of sp³-hybridized carbons (Fsp3) is 0.296. The first-order valence-electron chi connectivity index (χ1n) is 10.8. The minimum Gasteiger partial charge on any atom is -0.493 e. The average Bonchev–Trinajstić information content (AvgIpc) is 3.40. The maximum atomic E-state index is 10.8. The van der Waals surface area contributed by atoms with Gasteiger partial charge in [0.15, 0.2) is 0 Å². The maximum absolute atomic E-state index is 10.8. The number of ether oxygens (including phenoxy) is 3. The van der Waals surface area contributed by atoms with Gasteiger partial charge in [-0.15, -0.1) is 0 Å². The fourth-order valence-electron chi connectivity index (χ4n) is 4.78. The van der Waals surface area contributed by atoms with Crippen LogP contribution in [-0.2, 0) is 17.8 Å². The third kappa shape index (κ3) is 3.67. The van der Waals surface area contributed by atoms with Crippen molar-refractivity contribution in [2.45, 2.75) is 39.2 Å². The molecule has 0 radical (unpaired) electrons. The number of hydrogen-bond acceptors (Lipinski definition) is 4. The van der Waals surface area contributed by atoms with Crippen molar-refractivity contribution in [1.82, 2.24) is 0 Å². The van der Waals surface area contributed by atoms with Crippen LogP contribution in [0.2, 0.25) is 0 Å². The summed E-state index contributed by atoms with van der Waals surface area (Å²) in [5.74, 6) is 2.79. The van der Waals surface area contributed by atoms with Crippen molar-refractivity contribution in [3.63, 3.8) is 0 Å². The number of carbonyl (C=O) groups excluding carboxylic acids is 1. The lowest BCUT2D eigenvalue weighted by molar-refractivity contribution is -0.108. The Morgan fingerprint density at radius 3 is 2.84 bits per heavy atom. The second-order valence-electron chi connectivity index (χ2n) is 8.37. The largest absolute Gasteiger partial charge is 0.493 e. The molecule has 2 aliphatic heterocycles. The molecule has 2 aliphatic rings. The fourth-order valence-corrected chi connectivity index (χ4v) is 4.78. The number of carbonyl (C=O) groups is 1. The van der Waals surface area contributed by atoms with Crippen molar-refractivity contribution in [3.8, 4) is 28.4 Å². The minimum absolute atomic E-state index is 0.155. The molecule has 0 unspecified atom stereocenters. The minimum atomic E-state index is 0.155. The highest BCUT2D eigenvalue weighted by Crippen LogP contribution is 2.39. The first-order valence-corrected chi connectivity index (χ1v) is 10.8. The molecule has 0 spiro atoms. The van der Waals surface area contributed by atoms with Crippen LogP contribution in [-0.4, -0.2) is 19.5 Å². The first kappa shape index (κ1) is 19.7. The summed E-state index contributed by atoms with van der Waals surface area (Å²) < 4.78 is 17.6. The van der Waals surface area contributed by atoms with Crippen molar-refractivity contribution >= 4 is 6.29 Å². The lowest BCUT2D eigenvalue weighted by Gasteiger charge is -2.15. The van der Waals surface area contributed by atoms with E-state index in [1.165, 1.54) is 27.8 Å². The third-order valence-electron chi connectivity index (χ3n) is 6.34. The smallest absolute Gasteiger partial charge is 0.126 e. The Bertz CT molecular complexity index is 1150. The molecule has 0 aliphatic carbocycles. The molecule has 0 amide bonds. The maximum Gasteiger partial charge on any atom is 0.126 e. The highest BCUT2D eigenvalue weighted by Gasteiger charge is 2.24. The molecule has 3 aromatic carbocycles. The van der Waals surface area contributed by atoms with E-state index in [0.717, 1.165) is 47.7 Å². The number of aldehydes is 1. The summed E-state index contributed by atoms with van der Waals surface area (Å²) >= 11 is 0. The normalized spacial score (nSPS) is 16.3. The monoisotopic (exact) mass is 414 g/mol. The molecule has 4 nitrogen and oxygen atoms in total. The van der Waals surface area contributed by atoms with Crippen LogP contribution in [0.15, 0.2) is 48.5 Å². The predicted molar refractivity (Wildman–Crippen MR) is 120 cm³/mol. The molecule has 0 N–H and O–H groups in total. The van der Waals surface area contributed by atoms with Gasteiger partial charge in [0, 0.05) is 36.0 Å². The SMILES string of the molecule is Cc1cc2c(c(C)c1-c1cccc(COc3ccc4c(c3)OC[C@H]4CC=O)c1)CCO2. The van der Waals surface area contributed by atoms with E-state index in [0.29, 0.717) is 19.6 Å². The Labute approximate surface area is 182 Å². The molecular formula is C27H26O4. The molecule has 1 atom stereocenters. The van der Waals surface area contributed by atoms with Gasteiger partial charge in [-0.25, -0.2) is 0 Å². The molecule has 4 heteroatoms. The van der Waals surface area contributed by atoms with Gasteiger partial charge in [-0.2, -0.15) is 0 Å². The van der Waals surface area contributed by atoms with Crippen LogP contribution in [0.5, 0.6) is 17.2 Å². The van der Waals surface area contributed by atoms with Crippen molar-refractivity contribution < 1.29 is 19.0 Å². The second kappa shape index (κ2) is 8.10. The van der Waals surface area contributed by atoms with E-state index in [1.54, 1.807) is 0 Å². The van der Waals surface area contributed by atoms with Crippen LogP contribution in [0.4, 0.5) is 0 Å². The summed E-state index contributed by atoms with van der Waals surface area (Å²) in [6.45, 7) is 6.16. The summed E-state index contributed by atoms with van der Waals surface area (Å²) in [6.07, 6.45) is 2.43. The standard InChI is InChI=1S/C27H26O4/c1-17-12-25-23(9-11-29-25)18(2)27(17)20-5-3-4-19(13-20)15-30-22-6-7-24-21(8-10-28)16-31-26(24)14-22/h3-7,10,12-14,21H,8-9,11,15-16H2,1-2H3/t21-/m1/s1. The van der Waals surface area contributed by atoms with Crippen molar-refractivity contribution in [1.29, 1.82) is 0 Å². The van der Waals surface area contributed by atoms with Crippen molar-refractivity contribution in [2.24, 2.45) is 0 Å². The molecule has 2 heterocycles. The third-order valence-corrected chi connectivity index (χ3v) is 6.34. The quantitative estimate of drug-likeness (QED) is 0.496. The highest BCUT2D eigenvalue weighted by atomic mass is 16.5. The highest BCUT2D eigenvalue weighted by molar-refractivity contribution is 5.74. The lowest BCUT2D eigenvalue weighted by atomic mass is 9.90. The van der Waals surface area contributed by atoms with Gasteiger partial charge < -0.3 is 19.0 Å². The van der Waals surface area contributed by atoms with E-state index >= 15 is 0 Å². The zero-order valence-corrected chi connectivity index (χ0v) is 17.9. The lowest BCUT2D eigenvalue weighted by Crippen LogP contribution is -2.00. The average molecular weight is 415 g/mol. The van der Waals surface area contributed by atoms with Crippen LogP contribution in [0.25, 0.3) is 11.1 Å². The number of fused-ring (bicyclic) bond motifs is 2. The van der Waals surface area contributed by atoms with Gasteiger partial charge in [0.1, 0.15) is 30.1 Å². The molecule has 0 fully saturated rings. The Morgan fingerprint density at radius 1 is 1.06 bits per heavy atom. The van der Waals surface area contributed by atoms with E-state index in [-0.39, 0.29) is 5.92 Å². The molecule has 0 bridgehead atoms. The summed E-state index contributed by atoms with van der Waals surface area (Å²) in [6, 6.07) is 16.6. The van der Waals surface area contributed by atoms with E-state index < -0.39 is 0 Å². The van der Waals surface area contributed by atoms with Crippen LogP contribution in [0.1, 0.15) is 40.2 Å². The van der Waals surface area contributed by atoms with Crippen LogP contribution >= 0.6 is 0 Å². The van der Waals surface area contributed by atoms with Crippen LogP contribution in [0, 0.1) is 13.8 Å². The summed E-state index contributed by atoms with van der Waals surface area (Å²) in [4.78, 5) is 10.8. The summed E-state index contributed by atoms with van der Waals surface area (Å²) in [5, 5.41) is 0. The van der Waals surface area contributed by atoms with Gasteiger partial charge in [0.05, 0.1) is 13.2 Å². The van der Waals surface area contributed by atoms with Gasteiger partial charge in [-0.1, -0.05) is 24.3 Å². The molecule has 31 heavy (non-hydrogen) atoms. The molecule has 3 aromatic rings. The summed E-state index contributed by atoms with van der Waals surface area (Å²) in [5.41, 5.74) is 8.58. The first-order chi connectivity index (χ1) is 15.1. The van der Waals surface area contributed by atoms with Gasteiger partial charge in [-0.05, 0) is 59.9 Å². The van der Waals surface area contributed by atoms with Crippen LogP contribution < -0.4 is 14.2 Å². The van der Waals surface area contributed by atoms with Crippen molar-refractivity contribution in [2.75, 3.05) is 13.2 Å². The van der Waals surface area contributed by atoms with E-state index in [2.05, 4.69) is 44.2 Å². The molecule has 158 valence electrons. The Hall–Kier alpha value is -3.27. The van der Waals surface area contributed by atoms with Crippen LogP contribution in [0.3, 0.4) is 0 Å². The molecule has 5 rings (SSSR count). The van der Waals surface area contributed by atoms with Gasteiger partial charge in [0.2, 0.25) is 0 Å². The van der Waals surface area contributed by atoms with E-state index in [4.69, 9.17) is 14.2 Å². The van der Waals surface area contributed by atoms with Crippen molar-refractivity contribution in [3.05, 3.63) is 76.3 Å². The number of aryl methyl sites for hydroxylation is 1. The van der Waals surface area contributed by atoms with E-state index in [1.807, 2.05) is 18.2 Å². The Kier molecular flexibility index (Phi) is 5.14. The van der Waals surface area contributed by atoms with Gasteiger partial charge >= 0.3 is 0 Å². The van der Waals surface area contributed by atoms with Gasteiger partial charge in [0.25, 0.3) is 0 Å². The molecule has 0 aromatic heterocycles. The van der Waals surface area contributed by atoms with E-state index in [9.17, 15) is 4.79 Å². The zero-order chi connectivity index (χ0) is 21.4. The molecule has 0 saturated heterocycles. The second-order valence-corrected chi connectivity index (χ2v) is 8.37. The molecule has 0 saturated carbocycles.